The Bertz CT molecular complexity index is 1020. The van der Waals surface area contributed by atoms with E-state index in [-0.39, 0.29) is 16.2 Å². The summed E-state index contributed by atoms with van der Waals surface area (Å²) >= 11 is 0. The predicted molar refractivity (Wildman–Crippen MR) is 103 cm³/mol. The van der Waals surface area contributed by atoms with E-state index in [1.807, 2.05) is 0 Å². The second-order valence-corrected chi connectivity index (χ2v) is 7.80. The van der Waals surface area contributed by atoms with Crippen molar-refractivity contribution in [3.63, 3.8) is 0 Å². The Balaban J connectivity index is 2.08. The Morgan fingerprint density at radius 1 is 1.00 bits per heavy atom. The number of nitrogens with one attached hydrogen (secondary N) is 2. The molecule has 2 aromatic carbocycles. The first-order valence-corrected chi connectivity index (χ1v) is 9.79. The van der Waals surface area contributed by atoms with Crippen LogP contribution in [0.15, 0.2) is 53.4 Å². The van der Waals surface area contributed by atoms with Gasteiger partial charge < -0.3 is 10.1 Å². The number of carbonyl (C=O) groups excluding carboxylic acids is 3. The van der Waals surface area contributed by atoms with E-state index in [1.165, 1.54) is 45.2 Å². The summed E-state index contributed by atoms with van der Waals surface area (Å²) in [6.45, 7) is 2.80. The van der Waals surface area contributed by atoms with Gasteiger partial charge in [-0.2, -0.15) is 0 Å². The molecule has 28 heavy (non-hydrogen) atoms. The summed E-state index contributed by atoms with van der Waals surface area (Å²) in [5.41, 5.74) is 0.822. The van der Waals surface area contributed by atoms with Gasteiger partial charge in [-0.1, -0.05) is 18.2 Å². The Morgan fingerprint density at radius 3 is 2.29 bits per heavy atom. The van der Waals surface area contributed by atoms with Gasteiger partial charge in [0.1, 0.15) is 0 Å². The molecule has 0 fully saturated rings. The Morgan fingerprint density at radius 2 is 1.64 bits per heavy atom. The van der Waals surface area contributed by atoms with Crippen LogP contribution in [0.2, 0.25) is 0 Å². The summed E-state index contributed by atoms with van der Waals surface area (Å²) in [5.74, 6) is -1.58. The van der Waals surface area contributed by atoms with Crippen LogP contribution in [0.5, 0.6) is 0 Å². The normalized spacial score (nSPS) is 12.1. The molecule has 1 atom stereocenters. The van der Waals surface area contributed by atoms with Gasteiger partial charge in [0, 0.05) is 11.3 Å². The Labute approximate surface area is 163 Å². The maximum atomic E-state index is 12.3. The number of ketones is 1. The van der Waals surface area contributed by atoms with Gasteiger partial charge in [-0.25, -0.2) is 17.9 Å². The number of anilines is 1. The highest BCUT2D eigenvalue weighted by Gasteiger charge is 2.21. The molecule has 2 rings (SSSR count). The van der Waals surface area contributed by atoms with Gasteiger partial charge in [0.25, 0.3) is 5.91 Å². The lowest BCUT2D eigenvalue weighted by Gasteiger charge is -2.14. The van der Waals surface area contributed by atoms with Gasteiger partial charge in [0.05, 0.1) is 10.5 Å². The number of hydrogen-bond donors (Lipinski definition) is 2. The quantitative estimate of drug-likeness (QED) is 0.538. The van der Waals surface area contributed by atoms with Crippen molar-refractivity contribution in [1.29, 1.82) is 0 Å². The zero-order chi connectivity index (χ0) is 20.9. The van der Waals surface area contributed by atoms with Crippen LogP contribution in [-0.2, 0) is 19.6 Å². The lowest BCUT2D eigenvalue weighted by Crippen LogP contribution is -2.30. The number of sulfonamides is 1. The van der Waals surface area contributed by atoms with Gasteiger partial charge in [-0.15, -0.1) is 0 Å². The monoisotopic (exact) mass is 404 g/mol. The zero-order valence-electron chi connectivity index (χ0n) is 15.6. The first-order valence-electron chi connectivity index (χ1n) is 8.30. The molecule has 0 aliphatic heterocycles. The number of esters is 1. The van der Waals surface area contributed by atoms with E-state index in [4.69, 9.17) is 4.74 Å². The second-order valence-electron chi connectivity index (χ2n) is 5.91. The van der Waals surface area contributed by atoms with Crippen molar-refractivity contribution in [3.8, 4) is 0 Å². The van der Waals surface area contributed by atoms with Crippen LogP contribution in [0.1, 0.15) is 34.6 Å². The molecule has 0 unspecified atom stereocenters. The van der Waals surface area contributed by atoms with Crippen LogP contribution >= 0.6 is 0 Å². The third kappa shape index (κ3) is 5.24. The van der Waals surface area contributed by atoms with Crippen LogP contribution < -0.4 is 10.0 Å². The standard InChI is InChI=1S/C19H20N2O6S/c1-12(22)14-6-4-8-16(10-14)21-18(23)13(2)27-19(24)15-7-5-9-17(11-15)28(25,26)20-3/h4-11,13,20H,1-3H3,(H,21,23)/t13-/m1/s1. The summed E-state index contributed by atoms with van der Waals surface area (Å²) in [4.78, 5) is 35.8. The third-order valence-electron chi connectivity index (χ3n) is 3.84. The number of carbonyl (C=O) groups is 3. The van der Waals surface area contributed by atoms with E-state index in [2.05, 4.69) is 10.0 Å². The molecule has 0 aliphatic rings. The van der Waals surface area contributed by atoms with Gasteiger partial charge in [0.2, 0.25) is 10.0 Å². The highest BCUT2D eigenvalue weighted by molar-refractivity contribution is 7.89. The van der Waals surface area contributed by atoms with Crippen molar-refractivity contribution in [3.05, 3.63) is 59.7 Å². The van der Waals surface area contributed by atoms with E-state index in [0.717, 1.165) is 6.07 Å². The van der Waals surface area contributed by atoms with E-state index in [9.17, 15) is 22.8 Å². The van der Waals surface area contributed by atoms with Crippen molar-refractivity contribution in [2.24, 2.45) is 0 Å². The number of Topliss-reactive ketones (excluding diaryl/α,β-unsaturated/α-hetero) is 1. The fourth-order valence-electron chi connectivity index (χ4n) is 2.25. The fraction of sp³-hybridized carbons (Fsp3) is 0.211. The average molecular weight is 404 g/mol. The highest BCUT2D eigenvalue weighted by Crippen LogP contribution is 2.15. The molecule has 0 radical (unpaired) electrons. The Kier molecular flexibility index (Phi) is 6.66. The molecule has 0 saturated heterocycles. The molecule has 148 valence electrons. The largest absolute Gasteiger partial charge is 0.449 e. The summed E-state index contributed by atoms with van der Waals surface area (Å²) in [6.07, 6.45) is -1.14. The summed E-state index contributed by atoms with van der Waals surface area (Å²) in [5, 5.41) is 2.56. The molecule has 2 N–H and O–H groups in total. The molecule has 0 bridgehead atoms. The van der Waals surface area contributed by atoms with Gasteiger partial charge in [-0.05, 0) is 51.2 Å². The third-order valence-corrected chi connectivity index (χ3v) is 5.25. The van der Waals surface area contributed by atoms with Gasteiger partial charge in [0.15, 0.2) is 11.9 Å². The second kappa shape index (κ2) is 8.77. The highest BCUT2D eigenvalue weighted by atomic mass is 32.2. The summed E-state index contributed by atoms with van der Waals surface area (Å²) in [7, 11) is -2.46. The number of benzene rings is 2. The molecule has 1 amide bonds. The van der Waals surface area contributed by atoms with E-state index >= 15 is 0 Å². The van der Waals surface area contributed by atoms with Crippen molar-refractivity contribution in [1.82, 2.24) is 4.72 Å². The molecular formula is C19H20N2O6S. The first-order chi connectivity index (χ1) is 13.1. The molecule has 0 saturated carbocycles. The first kappa shape index (κ1) is 21.3. The maximum Gasteiger partial charge on any atom is 0.338 e. The zero-order valence-corrected chi connectivity index (χ0v) is 16.4. The van der Waals surface area contributed by atoms with Crippen LogP contribution in [0, 0.1) is 0 Å². The van der Waals surface area contributed by atoms with E-state index < -0.39 is 28.0 Å². The number of amides is 1. The van der Waals surface area contributed by atoms with Crippen LogP contribution in [-0.4, -0.2) is 39.2 Å². The minimum atomic E-state index is -3.72. The smallest absolute Gasteiger partial charge is 0.338 e. The molecule has 0 spiro atoms. The van der Waals surface area contributed by atoms with E-state index in [0.29, 0.717) is 11.3 Å². The topological polar surface area (TPSA) is 119 Å². The van der Waals surface area contributed by atoms with Crippen LogP contribution in [0.25, 0.3) is 0 Å². The maximum absolute atomic E-state index is 12.3. The van der Waals surface area contributed by atoms with Crippen molar-refractivity contribution in [2.75, 3.05) is 12.4 Å². The number of rotatable bonds is 7. The molecule has 9 heteroatoms. The molecule has 0 aliphatic carbocycles. The summed E-state index contributed by atoms with van der Waals surface area (Å²) in [6, 6.07) is 11.6. The van der Waals surface area contributed by atoms with Crippen molar-refractivity contribution >= 4 is 33.4 Å². The molecule has 0 aromatic heterocycles. The van der Waals surface area contributed by atoms with Gasteiger partial charge in [-0.3, -0.25) is 9.59 Å². The molecule has 0 heterocycles. The number of ether oxygens (including phenoxy) is 1. The predicted octanol–water partition coefficient (Wildman–Crippen LogP) is 1.98. The molecule has 2 aromatic rings. The Hall–Kier alpha value is -3.04. The minimum absolute atomic E-state index is 0.00504. The summed E-state index contributed by atoms with van der Waals surface area (Å²) < 4.78 is 30.9. The van der Waals surface area contributed by atoms with Gasteiger partial charge >= 0.3 is 5.97 Å². The van der Waals surface area contributed by atoms with Crippen molar-refractivity contribution < 1.29 is 27.5 Å². The van der Waals surface area contributed by atoms with Crippen molar-refractivity contribution in [2.45, 2.75) is 24.8 Å². The minimum Gasteiger partial charge on any atom is -0.449 e. The number of hydrogen-bond acceptors (Lipinski definition) is 6. The fourth-order valence-corrected chi connectivity index (χ4v) is 3.03. The lowest BCUT2D eigenvalue weighted by molar-refractivity contribution is -0.123. The van der Waals surface area contributed by atoms with E-state index in [1.54, 1.807) is 18.2 Å². The van der Waals surface area contributed by atoms with Crippen LogP contribution in [0.4, 0.5) is 5.69 Å². The molecule has 8 nitrogen and oxygen atoms in total. The van der Waals surface area contributed by atoms with Crippen LogP contribution in [0.3, 0.4) is 0 Å². The SMILES string of the molecule is CNS(=O)(=O)c1cccc(C(=O)O[C@H](C)C(=O)Nc2cccc(C(C)=O)c2)c1. The lowest BCUT2D eigenvalue weighted by atomic mass is 10.1. The average Bonchev–Trinajstić information content (AvgIpc) is 2.68. The molecular weight excluding hydrogens is 384 g/mol.